The van der Waals surface area contributed by atoms with Crippen LogP contribution >= 0.6 is 0 Å². The zero-order valence-corrected chi connectivity index (χ0v) is 15.6. The number of amides is 3. The lowest BCUT2D eigenvalue weighted by atomic mass is 10.0. The fourth-order valence-electron chi connectivity index (χ4n) is 3.17. The number of anilines is 1. The molecule has 3 amide bonds. The Hall–Kier alpha value is -2.97. The third kappa shape index (κ3) is 5.28. The van der Waals surface area contributed by atoms with E-state index in [1.54, 1.807) is 37.4 Å². The summed E-state index contributed by atoms with van der Waals surface area (Å²) in [5.74, 6) is -0.0650. The number of urea groups is 1. The summed E-state index contributed by atoms with van der Waals surface area (Å²) in [6.07, 6.45) is 0. The fourth-order valence-corrected chi connectivity index (χ4v) is 3.17. The highest BCUT2D eigenvalue weighted by atomic mass is 19.1. The Balaban J connectivity index is 1.56. The maximum absolute atomic E-state index is 13.6. The Morgan fingerprint density at radius 1 is 1.25 bits per heavy atom. The van der Waals surface area contributed by atoms with Crippen LogP contribution in [0.25, 0.3) is 0 Å². The average molecular weight is 386 g/mol. The Labute approximate surface area is 162 Å². The normalized spacial score (nSPS) is 17.0. The van der Waals surface area contributed by atoms with Crippen molar-refractivity contribution in [1.29, 1.82) is 0 Å². The maximum atomic E-state index is 13.6. The molecule has 3 rings (SSSR count). The van der Waals surface area contributed by atoms with Gasteiger partial charge in [-0.15, -0.1) is 0 Å². The monoisotopic (exact) mass is 386 g/mol. The van der Waals surface area contributed by atoms with Crippen molar-refractivity contribution >= 4 is 17.6 Å². The number of halogens is 1. The van der Waals surface area contributed by atoms with Crippen LogP contribution in [-0.2, 0) is 4.79 Å². The Morgan fingerprint density at radius 2 is 2.04 bits per heavy atom. The van der Waals surface area contributed by atoms with Crippen molar-refractivity contribution in [2.75, 3.05) is 38.6 Å². The van der Waals surface area contributed by atoms with Crippen LogP contribution in [0.2, 0.25) is 0 Å². The third-order valence-electron chi connectivity index (χ3n) is 4.54. The van der Waals surface area contributed by atoms with E-state index < -0.39 is 11.9 Å². The molecular weight excluding hydrogens is 363 g/mol. The largest absolute Gasteiger partial charge is 0.497 e. The minimum atomic E-state index is -0.604. The molecule has 148 valence electrons. The molecule has 1 unspecified atom stereocenters. The number of nitrogens with zero attached hydrogens (tertiary/aromatic N) is 1. The number of piperazine rings is 1. The van der Waals surface area contributed by atoms with E-state index in [1.165, 1.54) is 12.1 Å². The van der Waals surface area contributed by atoms with Crippen LogP contribution in [0.5, 0.6) is 5.75 Å². The Morgan fingerprint density at radius 3 is 2.75 bits per heavy atom. The van der Waals surface area contributed by atoms with Gasteiger partial charge in [-0.3, -0.25) is 15.0 Å². The molecule has 0 bridgehead atoms. The second kappa shape index (κ2) is 9.29. The molecule has 1 aliphatic heterocycles. The lowest BCUT2D eigenvalue weighted by Gasteiger charge is -2.35. The van der Waals surface area contributed by atoms with Crippen LogP contribution < -0.4 is 20.7 Å². The van der Waals surface area contributed by atoms with Crippen LogP contribution in [0.1, 0.15) is 11.6 Å². The van der Waals surface area contributed by atoms with Gasteiger partial charge >= 0.3 is 6.03 Å². The predicted octanol–water partition coefficient (Wildman–Crippen LogP) is 2.13. The highest BCUT2D eigenvalue weighted by Gasteiger charge is 2.26. The predicted molar refractivity (Wildman–Crippen MR) is 104 cm³/mol. The van der Waals surface area contributed by atoms with Gasteiger partial charge in [0.1, 0.15) is 11.6 Å². The molecule has 7 nitrogen and oxygen atoms in total. The first-order valence-corrected chi connectivity index (χ1v) is 9.00. The standard InChI is InChI=1S/C20H23FN4O3/c1-28-17-7-5-16(6-8-17)23-20(27)24-19(26)13-25-10-9-22-12-18(25)14-3-2-4-15(21)11-14/h2-8,11,18,22H,9-10,12-13H2,1H3,(H2,23,24,26,27). The van der Waals surface area contributed by atoms with Crippen LogP contribution in [0.15, 0.2) is 48.5 Å². The number of carbonyl (C=O) groups is 2. The zero-order chi connectivity index (χ0) is 19.9. The van der Waals surface area contributed by atoms with E-state index in [0.717, 1.165) is 12.1 Å². The van der Waals surface area contributed by atoms with Gasteiger partial charge in [-0.05, 0) is 42.0 Å². The van der Waals surface area contributed by atoms with Crippen molar-refractivity contribution in [1.82, 2.24) is 15.5 Å². The summed E-state index contributed by atoms with van der Waals surface area (Å²) in [6.45, 7) is 1.99. The lowest BCUT2D eigenvalue weighted by Crippen LogP contribution is -2.50. The fraction of sp³-hybridized carbons (Fsp3) is 0.300. The number of benzene rings is 2. The maximum Gasteiger partial charge on any atom is 0.325 e. The molecule has 8 heteroatoms. The van der Waals surface area contributed by atoms with Gasteiger partial charge in [0.15, 0.2) is 0 Å². The van der Waals surface area contributed by atoms with Crippen molar-refractivity contribution in [3.05, 3.63) is 59.9 Å². The first-order chi connectivity index (χ1) is 13.5. The number of hydrogen-bond acceptors (Lipinski definition) is 5. The van der Waals surface area contributed by atoms with Gasteiger partial charge in [0.2, 0.25) is 5.91 Å². The third-order valence-corrected chi connectivity index (χ3v) is 4.54. The quantitative estimate of drug-likeness (QED) is 0.733. The van der Waals surface area contributed by atoms with E-state index in [4.69, 9.17) is 4.74 Å². The number of hydrogen-bond donors (Lipinski definition) is 3. The topological polar surface area (TPSA) is 82.7 Å². The first-order valence-electron chi connectivity index (χ1n) is 9.00. The molecule has 1 fully saturated rings. The molecular formula is C20H23FN4O3. The molecule has 0 saturated carbocycles. The number of nitrogens with one attached hydrogen (secondary N) is 3. The summed E-state index contributed by atoms with van der Waals surface area (Å²) in [5.41, 5.74) is 1.34. The molecule has 2 aromatic rings. The molecule has 0 aliphatic carbocycles. The minimum absolute atomic E-state index is 0.0406. The van der Waals surface area contributed by atoms with Crippen molar-refractivity contribution in [2.24, 2.45) is 0 Å². The highest BCUT2D eigenvalue weighted by molar-refractivity contribution is 6.01. The van der Waals surface area contributed by atoms with Gasteiger partial charge in [-0.1, -0.05) is 12.1 Å². The molecule has 1 heterocycles. The number of carbonyl (C=O) groups excluding carboxylic acids is 2. The molecule has 2 aromatic carbocycles. The smallest absolute Gasteiger partial charge is 0.325 e. The summed E-state index contributed by atoms with van der Waals surface area (Å²) in [5, 5.41) is 8.19. The van der Waals surface area contributed by atoms with Crippen LogP contribution in [0.3, 0.4) is 0 Å². The van der Waals surface area contributed by atoms with E-state index in [0.29, 0.717) is 24.5 Å². The second-order valence-corrected chi connectivity index (χ2v) is 6.48. The second-order valence-electron chi connectivity index (χ2n) is 6.48. The van der Waals surface area contributed by atoms with Gasteiger partial charge in [0.25, 0.3) is 0 Å². The summed E-state index contributed by atoms with van der Waals surface area (Å²) in [6, 6.07) is 12.4. The van der Waals surface area contributed by atoms with Gasteiger partial charge < -0.3 is 15.4 Å². The van der Waals surface area contributed by atoms with Gasteiger partial charge in [0.05, 0.1) is 13.7 Å². The Bertz CT molecular complexity index is 828. The molecule has 1 atom stereocenters. The summed E-state index contributed by atoms with van der Waals surface area (Å²) in [7, 11) is 1.56. The molecule has 0 radical (unpaired) electrons. The number of ether oxygens (including phenoxy) is 1. The average Bonchev–Trinajstić information content (AvgIpc) is 2.69. The van der Waals surface area contributed by atoms with E-state index in [1.807, 2.05) is 11.0 Å². The van der Waals surface area contributed by atoms with E-state index in [2.05, 4.69) is 16.0 Å². The minimum Gasteiger partial charge on any atom is -0.497 e. The Kier molecular flexibility index (Phi) is 6.57. The van der Waals surface area contributed by atoms with Crippen molar-refractivity contribution in [3.63, 3.8) is 0 Å². The molecule has 0 spiro atoms. The summed E-state index contributed by atoms with van der Waals surface area (Å²) in [4.78, 5) is 26.3. The first kappa shape index (κ1) is 19.8. The molecule has 1 saturated heterocycles. The van der Waals surface area contributed by atoms with Crippen LogP contribution in [0.4, 0.5) is 14.9 Å². The van der Waals surface area contributed by atoms with Gasteiger partial charge in [-0.2, -0.15) is 0 Å². The highest BCUT2D eigenvalue weighted by Crippen LogP contribution is 2.22. The number of imide groups is 1. The summed E-state index contributed by atoms with van der Waals surface area (Å²) < 4.78 is 18.6. The van der Waals surface area contributed by atoms with Gasteiger partial charge in [0, 0.05) is 31.4 Å². The molecule has 0 aromatic heterocycles. The SMILES string of the molecule is COc1ccc(NC(=O)NC(=O)CN2CCNCC2c2cccc(F)c2)cc1. The van der Waals surface area contributed by atoms with E-state index >= 15 is 0 Å². The van der Waals surface area contributed by atoms with Gasteiger partial charge in [-0.25, -0.2) is 9.18 Å². The molecule has 3 N–H and O–H groups in total. The van der Waals surface area contributed by atoms with Crippen molar-refractivity contribution < 1.29 is 18.7 Å². The molecule has 28 heavy (non-hydrogen) atoms. The molecule has 1 aliphatic rings. The van der Waals surface area contributed by atoms with Crippen LogP contribution in [0, 0.1) is 5.82 Å². The van der Waals surface area contributed by atoms with E-state index in [-0.39, 0.29) is 18.4 Å². The summed E-state index contributed by atoms with van der Waals surface area (Å²) >= 11 is 0. The van der Waals surface area contributed by atoms with E-state index in [9.17, 15) is 14.0 Å². The van der Waals surface area contributed by atoms with Crippen LogP contribution in [-0.4, -0.2) is 50.1 Å². The van der Waals surface area contributed by atoms with Crippen molar-refractivity contribution in [2.45, 2.75) is 6.04 Å². The number of methoxy groups -OCH3 is 1. The number of rotatable bonds is 5. The van der Waals surface area contributed by atoms with Crippen molar-refractivity contribution in [3.8, 4) is 5.75 Å². The zero-order valence-electron chi connectivity index (χ0n) is 15.6. The lowest BCUT2D eigenvalue weighted by molar-refractivity contribution is -0.121.